The molecule has 1 heterocycles. The Hall–Kier alpha value is -3.75. The van der Waals surface area contributed by atoms with E-state index in [4.69, 9.17) is 4.74 Å². The van der Waals surface area contributed by atoms with Gasteiger partial charge in [0.05, 0.1) is 6.61 Å². The molecule has 3 rings (SSSR count). The molecule has 3 amide bonds. The average Bonchev–Trinajstić information content (AvgIpc) is 3.67. The second-order valence-electron chi connectivity index (χ2n) is 9.85. The number of ketones is 1. The number of Topliss-reactive ketones (excluding diaryl/α,β-unsaturated/α-hetero) is 1. The Balaban J connectivity index is 1.62. The van der Waals surface area contributed by atoms with Crippen molar-refractivity contribution in [1.29, 1.82) is 0 Å². The summed E-state index contributed by atoms with van der Waals surface area (Å²) in [6, 6.07) is 12.8. The molecule has 2 atom stereocenters. The van der Waals surface area contributed by atoms with Gasteiger partial charge in [0, 0.05) is 30.3 Å². The van der Waals surface area contributed by atoms with Crippen molar-refractivity contribution in [2.75, 3.05) is 6.61 Å². The summed E-state index contributed by atoms with van der Waals surface area (Å²) in [5.74, 6) is -1.88. The molecular formula is C28H36N4O5. The fraction of sp³-hybridized carbons (Fsp3) is 0.464. The van der Waals surface area contributed by atoms with Crippen LogP contribution in [0.5, 0.6) is 0 Å². The van der Waals surface area contributed by atoms with E-state index >= 15 is 0 Å². The van der Waals surface area contributed by atoms with Crippen molar-refractivity contribution in [3.63, 3.8) is 0 Å². The quantitative estimate of drug-likeness (QED) is 0.357. The maximum Gasteiger partial charge on any atom is 0.407 e. The third kappa shape index (κ3) is 9.67. The number of carbonyl (C=O) groups excluding carboxylic acids is 4. The van der Waals surface area contributed by atoms with Crippen LogP contribution in [-0.4, -0.2) is 53.4 Å². The molecular weight excluding hydrogens is 472 g/mol. The average molecular weight is 509 g/mol. The van der Waals surface area contributed by atoms with Crippen LogP contribution in [-0.2, 0) is 32.0 Å². The second kappa shape index (κ2) is 13.5. The zero-order valence-electron chi connectivity index (χ0n) is 21.7. The largest absolute Gasteiger partial charge is 0.449 e. The van der Waals surface area contributed by atoms with Crippen molar-refractivity contribution in [1.82, 2.24) is 20.9 Å². The van der Waals surface area contributed by atoms with Gasteiger partial charge in [-0.2, -0.15) is 0 Å². The van der Waals surface area contributed by atoms with E-state index in [0.717, 1.165) is 29.8 Å². The third-order valence-corrected chi connectivity index (χ3v) is 5.91. The van der Waals surface area contributed by atoms with Crippen LogP contribution in [0.2, 0.25) is 0 Å². The highest BCUT2D eigenvalue weighted by Gasteiger charge is 2.33. The number of hydrogen-bond acceptors (Lipinski definition) is 6. The zero-order chi connectivity index (χ0) is 26.8. The molecule has 1 aromatic heterocycles. The Morgan fingerprint density at radius 3 is 2.35 bits per heavy atom. The van der Waals surface area contributed by atoms with Gasteiger partial charge in [-0.3, -0.25) is 19.4 Å². The molecule has 2 aromatic rings. The van der Waals surface area contributed by atoms with E-state index in [9.17, 15) is 19.2 Å². The maximum atomic E-state index is 13.2. The van der Waals surface area contributed by atoms with Crippen LogP contribution in [0.15, 0.2) is 48.5 Å². The molecule has 1 aliphatic rings. The number of aryl methyl sites for hydroxylation is 1. The van der Waals surface area contributed by atoms with Crippen LogP contribution in [0, 0.1) is 12.8 Å². The number of alkyl carbamates (subject to hydrolysis) is 1. The van der Waals surface area contributed by atoms with Crippen LogP contribution < -0.4 is 16.0 Å². The molecule has 2 unspecified atom stereocenters. The van der Waals surface area contributed by atoms with Crippen LogP contribution in [0.25, 0.3) is 0 Å². The van der Waals surface area contributed by atoms with Gasteiger partial charge in [0.1, 0.15) is 12.1 Å². The minimum absolute atomic E-state index is 0.0182. The van der Waals surface area contributed by atoms with E-state index in [1.165, 1.54) is 0 Å². The fourth-order valence-electron chi connectivity index (χ4n) is 3.85. The highest BCUT2D eigenvalue weighted by Crippen LogP contribution is 2.18. The van der Waals surface area contributed by atoms with Crippen molar-refractivity contribution in [2.45, 2.75) is 71.0 Å². The molecule has 0 saturated heterocycles. The smallest absolute Gasteiger partial charge is 0.407 e. The zero-order valence-corrected chi connectivity index (χ0v) is 21.7. The number of carbonyl (C=O) groups is 4. The lowest BCUT2D eigenvalue weighted by molar-refractivity contribution is -0.140. The minimum Gasteiger partial charge on any atom is -0.449 e. The van der Waals surface area contributed by atoms with E-state index in [1.807, 2.05) is 69.3 Å². The predicted molar refractivity (Wildman–Crippen MR) is 139 cm³/mol. The molecule has 9 heteroatoms. The van der Waals surface area contributed by atoms with Gasteiger partial charge in [-0.05, 0) is 49.8 Å². The molecule has 37 heavy (non-hydrogen) atoms. The summed E-state index contributed by atoms with van der Waals surface area (Å²) in [6.45, 7) is 5.84. The normalized spacial score (nSPS) is 14.4. The van der Waals surface area contributed by atoms with E-state index in [-0.39, 0.29) is 25.0 Å². The standard InChI is InChI=1S/C28H36N4O5/c1-18(2)16-24(32-28(36)37-15-14-21-11-7-8-19(3)29-21)26(34)31-23(17-20-9-5-4-6-10-20)25(33)27(35)30-22-12-13-22/h4-11,18,22-24H,12-17H2,1-3H3,(H,30,35)(H,31,34)(H,32,36). The molecule has 0 spiro atoms. The molecule has 198 valence electrons. The van der Waals surface area contributed by atoms with E-state index in [1.54, 1.807) is 0 Å². The van der Waals surface area contributed by atoms with Crippen LogP contribution >= 0.6 is 0 Å². The predicted octanol–water partition coefficient (Wildman–Crippen LogP) is 2.65. The number of amides is 3. The second-order valence-corrected chi connectivity index (χ2v) is 9.85. The van der Waals surface area contributed by atoms with Crippen molar-refractivity contribution in [2.24, 2.45) is 5.92 Å². The lowest BCUT2D eigenvalue weighted by Gasteiger charge is -2.23. The summed E-state index contributed by atoms with van der Waals surface area (Å²) in [7, 11) is 0. The van der Waals surface area contributed by atoms with Crippen LogP contribution in [0.3, 0.4) is 0 Å². The Kier molecular flexibility index (Phi) is 10.2. The summed E-state index contributed by atoms with van der Waals surface area (Å²) in [5, 5.41) is 8.02. The molecule has 0 aliphatic heterocycles. The molecule has 0 radical (unpaired) electrons. The van der Waals surface area contributed by atoms with Gasteiger partial charge < -0.3 is 20.7 Å². The Morgan fingerprint density at radius 2 is 1.70 bits per heavy atom. The molecule has 1 aliphatic carbocycles. The molecule has 1 aromatic carbocycles. The minimum atomic E-state index is -1.06. The van der Waals surface area contributed by atoms with Gasteiger partial charge >= 0.3 is 6.09 Å². The molecule has 0 bridgehead atoms. The summed E-state index contributed by atoms with van der Waals surface area (Å²) in [5.41, 5.74) is 2.48. The lowest BCUT2D eigenvalue weighted by atomic mass is 9.99. The van der Waals surface area contributed by atoms with Gasteiger partial charge in [-0.25, -0.2) is 4.79 Å². The number of benzene rings is 1. The highest BCUT2D eigenvalue weighted by atomic mass is 16.5. The molecule has 1 saturated carbocycles. The number of ether oxygens (including phenoxy) is 1. The van der Waals surface area contributed by atoms with Crippen molar-refractivity contribution < 1.29 is 23.9 Å². The third-order valence-electron chi connectivity index (χ3n) is 5.91. The van der Waals surface area contributed by atoms with Gasteiger partial charge in [0.2, 0.25) is 11.7 Å². The SMILES string of the molecule is Cc1cccc(CCOC(=O)NC(CC(C)C)C(=O)NC(Cc2ccccc2)C(=O)C(=O)NC2CC2)n1. The summed E-state index contributed by atoms with van der Waals surface area (Å²) >= 11 is 0. The number of pyridine rings is 1. The first kappa shape index (κ1) is 27.8. The Bertz CT molecular complexity index is 1080. The van der Waals surface area contributed by atoms with Crippen LogP contribution in [0.4, 0.5) is 4.79 Å². The van der Waals surface area contributed by atoms with Gasteiger partial charge in [0.15, 0.2) is 0 Å². The van der Waals surface area contributed by atoms with Crippen molar-refractivity contribution in [3.05, 3.63) is 65.5 Å². The molecule has 3 N–H and O–H groups in total. The highest BCUT2D eigenvalue weighted by molar-refractivity contribution is 6.38. The molecule has 1 fully saturated rings. The van der Waals surface area contributed by atoms with E-state index in [0.29, 0.717) is 12.8 Å². The Morgan fingerprint density at radius 1 is 0.973 bits per heavy atom. The first-order valence-electron chi connectivity index (χ1n) is 12.8. The maximum absolute atomic E-state index is 13.2. The van der Waals surface area contributed by atoms with Gasteiger partial charge in [0.25, 0.3) is 5.91 Å². The Labute approximate surface area is 217 Å². The van der Waals surface area contributed by atoms with E-state index in [2.05, 4.69) is 20.9 Å². The lowest BCUT2D eigenvalue weighted by Crippen LogP contribution is -2.55. The van der Waals surface area contributed by atoms with Gasteiger partial charge in [-0.1, -0.05) is 50.2 Å². The topological polar surface area (TPSA) is 126 Å². The number of nitrogens with zero attached hydrogens (tertiary/aromatic N) is 1. The number of hydrogen-bond donors (Lipinski definition) is 3. The van der Waals surface area contributed by atoms with Crippen LogP contribution in [0.1, 0.15) is 50.1 Å². The van der Waals surface area contributed by atoms with E-state index < -0.39 is 35.8 Å². The summed E-state index contributed by atoms with van der Waals surface area (Å²) < 4.78 is 5.28. The number of aromatic nitrogens is 1. The number of rotatable bonds is 13. The number of nitrogens with one attached hydrogen (secondary N) is 3. The van der Waals surface area contributed by atoms with Gasteiger partial charge in [-0.15, -0.1) is 0 Å². The van der Waals surface area contributed by atoms with Crippen molar-refractivity contribution >= 4 is 23.7 Å². The monoisotopic (exact) mass is 508 g/mol. The molecule has 9 nitrogen and oxygen atoms in total. The fourth-order valence-corrected chi connectivity index (χ4v) is 3.85. The first-order chi connectivity index (χ1) is 17.7. The summed E-state index contributed by atoms with van der Waals surface area (Å²) in [4.78, 5) is 55.5. The summed E-state index contributed by atoms with van der Waals surface area (Å²) in [6.07, 6.45) is 1.90. The van der Waals surface area contributed by atoms with Crippen molar-refractivity contribution in [3.8, 4) is 0 Å². The first-order valence-corrected chi connectivity index (χ1v) is 12.8.